The summed E-state index contributed by atoms with van der Waals surface area (Å²) >= 11 is 0. The van der Waals surface area contributed by atoms with Crippen molar-refractivity contribution in [3.05, 3.63) is 0 Å². The van der Waals surface area contributed by atoms with Gasteiger partial charge in [0.1, 0.15) is 0 Å². The van der Waals surface area contributed by atoms with Gasteiger partial charge in [-0.2, -0.15) is 0 Å². The van der Waals surface area contributed by atoms with Gasteiger partial charge in [-0.15, -0.1) is 0 Å². The maximum atomic E-state index is 5.37. The molecule has 3 unspecified atom stereocenters. The van der Waals surface area contributed by atoms with E-state index in [2.05, 4.69) is 12.2 Å². The molecule has 2 heteroatoms. The molecular formula is C12H23NO. The van der Waals surface area contributed by atoms with Gasteiger partial charge in [0, 0.05) is 12.6 Å². The number of fused-ring (bicyclic) bond motifs is 1. The Morgan fingerprint density at radius 3 is 2.86 bits per heavy atom. The Bertz CT molecular complexity index is 189. The fraction of sp³-hybridized carbons (Fsp3) is 1.00. The van der Waals surface area contributed by atoms with E-state index in [1.165, 1.54) is 38.6 Å². The van der Waals surface area contributed by atoms with Crippen LogP contribution in [0.4, 0.5) is 0 Å². The lowest BCUT2D eigenvalue weighted by molar-refractivity contribution is 0.0105. The van der Waals surface area contributed by atoms with E-state index in [4.69, 9.17) is 4.74 Å². The zero-order chi connectivity index (χ0) is 10.0. The van der Waals surface area contributed by atoms with Gasteiger partial charge in [0.05, 0.1) is 6.61 Å². The van der Waals surface area contributed by atoms with Gasteiger partial charge in [0.25, 0.3) is 0 Å². The van der Waals surface area contributed by atoms with Gasteiger partial charge in [-0.3, -0.25) is 0 Å². The number of nitrogens with one attached hydrogen (secondary N) is 1. The third-order valence-electron chi connectivity index (χ3n) is 4.22. The molecular weight excluding hydrogens is 174 g/mol. The second-order valence-electron chi connectivity index (χ2n) is 5.22. The van der Waals surface area contributed by atoms with E-state index < -0.39 is 0 Å². The molecule has 0 aromatic carbocycles. The summed E-state index contributed by atoms with van der Waals surface area (Å²) in [4.78, 5) is 0. The van der Waals surface area contributed by atoms with Crippen molar-refractivity contribution in [2.75, 3.05) is 20.3 Å². The molecule has 1 saturated heterocycles. The number of methoxy groups -OCH3 is 1. The van der Waals surface area contributed by atoms with Crippen LogP contribution in [0, 0.1) is 11.8 Å². The van der Waals surface area contributed by atoms with E-state index in [-0.39, 0.29) is 5.54 Å². The monoisotopic (exact) mass is 197 g/mol. The molecule has 0 aromatic rings. The van der Waals surface area contributed by atoms with Gasteiger partial charge >= 0.3 is 0 Å². The summed E-state index contributed by atoms with van der Waals surface area (Å²) < 4.78 is 5.37. The first-order valence-electron chi connectivity index (χ1n) is 6.00. The number of hydrogen-bond acceptors (Lipinski definition) is 2. The first-order valence-corrected chi connectivity index (χ1v) is 6.00. The smallest absolute Gasteiger partial charge is 0.0644 e. The van der Waals surface area contributed by atoms with Crippen LogP contribution in [0.3, 0.4) is 0 Å². The average Bonchev–Trinajstić information content (AvgIpc) is 2.19. The van der Waals surface area contributed by atoms with E-state index in [0.29, 0.717) is 0 Å². The van der Waals surface area contributed by atoms with Gasteiger partial charge in [0.15, 0.2) is 0 Å². The molecule has 1 aliphatic heterocycles. The van der Waals surface area contributed by atoms with E-state index in [1.54, 1.807) is 0 Å². The lowest BCUT2D eigenvalue weighted by atomic mass is 9.66. The van der Waals surface area contributed by atoms with Crippen LogP contribution >= 0.6 is 0 Å². The molecule has 14 heavy (non-hydrogen) atoms. The Hall–Kier alpha value is -0.0800. The highest BCUT2D eigenvalue weighted by atomic mass is 16.5. The minimum Gasteiger partial charge on any atom is -0.383 e. The Morgan fingerprint density at radius 1 is 1.29 bits per heavy atom. The predicted molar refractivity (Wildman–Crippen MR) is 58.3 cm³/mol. The fourth-order valence-corrected chi connectivity index (χ4v) is 3.52. The molecule has 82 valence electrons. The second kappa shape index (κ2) is 4.19. The number of rotatable bonds is 2. The van der Waals surface area contributed by atoms with Crippen molar-refractivity contribution in [2.24, 2.45) is 11.8 Å². The molecule has 2 nitrogen and oxygen atoms in total. The second-order valence-corrected chi connectivity index (χ2v) is 5.22. The van der Waals surface area contributed by atoms with Crippen LogP contribution in [0.5, 0.6) is 0 Å². The van der Waals surface area contributed by atoms with Crippen molar-refractivity contribution in [1.82, 2.24) is 5.32 Å². The largest absolute Gasteiger partial charge is 0.383 e. The molecule has 0 bridgehead atoms. The summed E-state index contributed by atoms with van der Waals surface area (Å²) in [6.45, 7) is 4.40. The molecule has 2 fully saturated rings. The molecule has 0 spiro atoms. The van der Waals surface area contributed by atoms with Crippen LogP contribution in [0.15, 0.2) is 0 Å². The van der Waals surface area contributed by atoms with Crippen LogP contribution < -0.4 is 5.32 Å². The summed E-state index contributed by atoms with van der Waals surface area (Å²) in [5.41, 5.74) is 0.248. The SMILES string of the molecule is COCC1(C)NCCC2CCCCC21. The van der Waals surface area contributed by atoms with Gasteiger partial charge in [-0.25, -0.2) is 0 Å². The topological polar surface area (TPSA) is 21.3 Å². The molecule has 3 atom stereocenters. The van der Waals surface area contributed by atoms with E-state index in [1.807, 2.05) is 7.11 Å². The molecule has 1 saturated carbocycles. The molecule has 2 rings (SSSR count). The molecule has 2 aliphatic rings. The van der Waals surface area contributed by atoms with Crippen molar-refractivity contribution >= 4 is 0 Å². The number of ether oxygens (including phenoxy) is 1. The summed E-state index contributed by atoms with van der Waals surface area (Å²) in [5, 5.41) is 3.67. The van der Waals surface area contributed by atoms with E-state index >= 15 is 0 Å². The molecule has 1 heterocycles. The van der Waals surface area contributed by atoms with Gasteiger partial charge in [-0.1, -0.05) is 19.3 Å². The van der Waals surface area contributed by atoms with Crippen LogP contribution in [0.2, 0.25) is 0 Å². The molecule has 0 aromatic heterocycles. The third kappa shape index (κ3) is 1.82. The first-order chi connectivity index (χ1) is 6.76. The number of piperidine rings is 1. The third-order valence-corrected chi connectivity index (χ3v) is 4.22. The quantitative estimate of drug-likeness (QED) is 0.732. The fourth-order valence-electron chi connectivity index (χ4n) is 3.52. The summed E-state index contributed by atoms with van der Waals surface area (Å²) in [7, 11) is 1.82. The predicted octanol–water partition coefficient (Wildman–Crippen LogP) is 2.19. The normalized spacial score (nSPS) is 43.3. The number of hydrogen-bond donors (Lipinski definition) is 1. The van der Waals surface area contributed by atoms with Crippen LogP contribution in [0.1, 0.15) is 39.0 Å². The maximum absolute atomic E-state index is 5.37. The molecule has 0 amide bonds. The highest BCUT2D eigenvalue weighted by Gasteiger charge is 2.42. The van der Waals surface area contributed by atoms with Gasteiger partial charge < -0.3 is 10.1 Å². The van der Waals surface area contributed by atoms with E-state index in [9.17, 15) is 0 Å². The van der Waals surface area contributed by atoms with Crippen LogP contribution in [-0.4, -0.2) is 25.8 Å². The Kier molecular flexibility index (Phi) is 3.13. The lowest BCUT2D eigenvalue weighted by Crippen LogP contribution is -2.59. The first kappa shape index (κ1) is 10.4. The summed E-state index contributed by atoms with van der Waals surface area (Å²) in [6.07, 6.45) is 7.10. The minimum absolute atomic E-state index is 0.248. The summed E-state index contributed by atoms with van der Waals surface area (Å²) in [5.74, 6) is 1.81. The minimum atomic E-state index is 0.248. The average molecular weight is 197 g/mol. The Labute approximate surface area is 87.4 Å². The zero-order valence-electron chi connectivity index (χ0n) is 9.51. The van der Waals surface area contributed by atoms with E-state index in [0.717, 1.165) is 18.4 Å². The van der Waals surface area contributed by atoms with Crippen LogP contribution in [0.25, 0.3) is 0 Å². The Balaban J connectivity index is 2.07. The summed E-state index contributed by atoms with van der Waals surface area (Å²) in [6, 6.07) is 0. The van der Waals surface area contributed by atoms with Crippen LogP contribution in [-0.2, 0) is 4.74 Å². The Morgan fingerprint density at radius 2 is 2.07 bits per heavy atom. The highest BCUT2D eigenvalue weighted by Crippen LogP contribution is 2.41. The molecule has 0 radical (unpaired) electrons. The van der Waals surface area contributed by atoms with Crippen molar-refractivity contribution in [2.45, 2.75) is 44.6 Å². The van der Waals surface area contributed by atoms with Crippen molar-refractivity contribution in [3.8, 4) is 0 Å². The van der Waals surface area contributed by atoms with Gasteiger partial charge in [0.2, 0.25) is 0 Å². The van der Waals surface area contributed by atoms with Gasteiger partial charge in [-0.05, 0) is 38.1 Å². The maximum Gasteiger partial charge on any atom is 0.0644 e. The standard InChI is InChI=1S/C12H23NO/c1-12(9-14-2)11-6-4-3-5-10(11)7-8-13-12/h10-11,13H,3-9H2,1-2H3. The zero-order valence-corrected chi connectivity index (χ0v) is 9.51. The van der Waals surface area contributed by atoms with Crippen molar-refractivity contribution in [1.29, 1.82) is 0 Å². The van der Waals surface area contributed by atoms with Crippen molar-refractivity contribution < 1.29 is 4.74 Å². The highest BCUT2D eigenvalue weighted by molar-refractivity contribution is 4.98. The molecule has 1 N–H and O–H groups in total. The molecule has 1 aliphatic carbocycles. The van der Waals surface area contributed by atoms with Crippen molar-refractivity contribution in [3.63, 3.8) is 0 Å². The lowest BCUT2D eigenvalue weighted by Gasteiger charge is -2.49.